The van der Waals surface area contributed by atoms with Crippen molar-refractivity contribution in [2.24, 2.45) is 0 Å². The SMILES string of the molecule is COc1ccccc1C(=O)NCCC(=O)Nc1ccc(N2CCOCC2)nc1. The van der Waals surface area contributed by atoms with Crippen LogP contribution >= 0.6 is 0 Å². The fourth-order valence-corrected chi connectivity index (χ4v) is 2.88. The van der Waals surface area contributed by atoms with E-state index in [0.717, 1.165) is 18.9 Å². The lowest BCUT2D eigenvalue weighted by Gasteiger charge is -2.27. The molecule has 2 N–H and O–H groups in total. The van der Waals surface area contributed by atoms with Crippen molar-refractivity contribution >= 4 is 23.3 Å². The van der Waals surface area contributed by atoms with Gasteiger partial charge in [0.05, 0.1) is 37.8 Å². The molecule has 0 bridgehead atoms. The van der Waals surface area contributed by atoms with Crippen molar-refractivity contribution in [3.05, 3.63) is 48.2 Å². The maximum absolute atomic E-state index is 12.2. The zero-order valence-corrected chi connectivity index (χ0v) is 15.8. The van der Waals surface area contributed by atoms with Crippen molar-refractivity contribution in [1.29, 1.82) is 0 Å². The van der Waals surface area contributed by atoms with E-state index in [1.54, 1.807) is 30.5 Å². The molecule has 1 aliphatic heterocycles. The van der Waals surface area contributed by atoms with Crippen molar-refractivity contribution in [2.45, 2.75) is 6.42 Å². The number of benzene rings is 1. The number of morpholine rings is 1. The highest BCUT2D eigenvalue weighted by Crippen LogP contribution is 2.17. The number of hydrogen-bond donors (Lipinski definition) is 2. The highest BCUT2D eigenvalue weighted by molar-refractivity contribution is 5.97. The first-order chi connectivity index (χ1) is 13.7. The number of para-hydroxylation sites is 1. The third-order valence-electron chi connectivity index (χ3n) is 4.36. The van der Waals surface area contributed by atoms with E-state index >= 15 is 0 Å². The Balaban J connectivity index is 1.44. The number of nitrogens with one attached hydrogen (secondary N) is 2. The van der Waals surface area contributed by atoms with Gasteiger partial charge < -0.3 is 25.0 Å². The van der Waals surface area contributed by atoms with Crippen LogP contribution in [0, 0.1) is 0 Å². The first kappa shape index (κ1) is 19.6. The van der Waals surface area contributed by atoms with Crippen LogP contribution in [0.4, 0.5) is 11.5 Å². The normalized spacial score (nSPS) is 13.7. The van der Waals surface area contributed by atoms with Gasteiger partial charge in [0.1, 0.15) is 11.6 Å². The number of anilines is 2. The third-order valence-corrected chi connectivity index (χ3v) is 4.36. The van der Waals surface area contributed by atoms with Crippen molar-refractivity contribution in [3.63, 3.8) is 0 Å². The molecule has 8 heteroatoms. The van der Waals surface area contributed by atoms with Crippen LogP contribution in [0.1, 0.15) is 16.8 Å². The second-order valence-corrected chi connectivity index (χ2v) is 6.26. The summed E-state index contributed by atoms with van der Waals surface area (Å²) in [6, 6.07) is 10.7. The van der Waals surface area contributed by atoms with Crippen molar-refractivity contribution in [1.82, 2.24) is 10.3 Å². The number of carbonyl (C=O) groups is 2. The number of carbonyl (C=O) groups excluding carboxylic acids is 2. The van der Waals surface area contributed by atoms with Crippen molar-refractivity contribution in [2.75, 3.05) is 50.2 Å². The zero-order chi connectivity index (χ0) is 19.8. The summed E-state index contributed by atoms with van der Waals surface area (Å²) in [4.78, 5) is 30.8. The van der Waals surface area contributed by atoms with Crippen molar-refractivity contribution < 1.29 is 19.1 Å². The average molecular weight is 384 g/mol. The van der Waals surface area contributed by atoms with E-state index in [9.17, 15) is 9.59 Å². The molecule has 2 heterocycles. The van der Waals surface area contributed by atoms with Crippen molar-refractivity contribution in [3.8, 4) is 5.75 Å². The Labute approximate surface area is 163 Å². The van der Waals surface area contributed by atoms with Gasteiger partial charge in [0.15, 0.2) is 0 Å². The monoisotopic (exact) mass is 384 g/mol. The standard InChI is InChI=1S/C20H24N4O4/c1-27-17-5-3-2-4-16(17)20(26)21-9-8-19(25)23-15-6-7-18(22-14-15)24-10-12-28-13-11-24/h2-7,14H,8-13H2,1H3,(H,21,26)(H,23,25). The Kier molecular flexibility index (Phi) is 6.80. The van der Waals surface area contributed by atoms with Crippen LogP contribution < -0.4 is 20.3 Å². The second kappa shape index (κ2) is 9.70. The molecule has 0 aliphatic carbocycles. The summed E-state index contributed by atoms with van der Waals surface area (Å²) in [7, 11) is 1.51. The van der Waals surface area contributed by atoms with Crippen LogP contribution in [0.15, 0.2) is 42.6 Å². The minimum Gasteiger partial charge on any atom is -0.496 e. The summed E-state index contributed by atoms with van der Waals surface area (Å²) in [5, 5.41) is 5.52. The number of methoxy groups -OCH3 is 1. The molecule has 1 saturated heterocycles. The lowest BCUT2D eigenvalue weighted by molar-refractivity contribution is -0.116. The Morgan fingerprint density at radius 3 is 2.68 bits per heavy atom. The molecule has 0 radical (unpaired) electrons. The topological polar surface area (TPSA) is 92.8 Å². The fraction of sp³-hybridized carbons (Fsp3) is 0.350. The molecule has 0 saturated carbocycles. The van der Waals surface area contributed by atoms with Gasteiger partial charge in [-0.3, -0.25) is 9.59 Å². The van der Waals surface area contributed by atoms with Gasteiger partial charge in [0.25, 0.3) is 5.91 Å². The molecule has 0 unspecified atom stereocenters. The molecule has 28 heavy (non-hydrogen) atoms. The number of pyridine rings is 1. The van der Waals surface area contributed by atoms with Crippen LogP contribution in [0.25, 0.3) is 0 Å². The molecule has 148 valence electrons. The molecular formula is C20H24N4O4. The summed E-state index contributed by atoms with van der Waals surface area (Å²) >= 11 is 0. The Hall–Kier alpha value is -3.13. The number of aromatic nitrogens is 1. The molecule has 0 atom stereocenters. The number of nitrogens with zero attached hydrogens (tertiary/aromatic N) is 2. The lowest BCUT2D eigenvalue weighted by atomic mass is 10.2. The summed E-state index contributed by atoms with van der Waals surface area (Å²) in [6.45, 7) is 3.23. The summed E-state index contributed by atoms with van der Waals surface area (Å²) in [6.07, 6.45) is 1.79. The van der Waals surface area contributed by atoms with Crippen LogP contribution in [0.5, 0.6) is 5.75 Å². The van der Waals surface area contributed by atoms with Gasteiger partial charge in [-0.2, -0.15) is 0 Å². The Morgan fingerprint density at radius 1 is 1.18 bits per heavy atom. The molecular weight excluding hydrogens is 360 g/mol. The molecule has 1 aliphatic rings. The molecule has 3 rings (SSSR count). The lowest BCUT2D eigenvalue weighted by Crippen LogP contribution is -2.36. The van der Waals surface area contributed by atoms with Gasteiger partial charge in [-0.05, 0) is 24.3 Å². The Bertz CT molecular complexity index is 804. The highest BCUT2D eigenvalue weighted by atomic mass is 16.5. The van der Waals surface area contributed by atoms with Gasteiger partial charge >= 0.3 is 0 Å². The number of ether oxygens (including phenoxy) is 2. The predicted molar refractivity (Wildman–Crippen MR) is 106 cm³/mol. The van der Waals surface area contributed by atoms with E-state index in [4.69, 9.17) is 9.47 Å². The maximum Gasteiger partial charge on any atom is 0.255 e. The molecule has 1 aromatic heterocycles. The van der Waals surface area contributed by atoms with E-state index in [-0.39, 0.29) is 24.8 Å². The number of amides is 2. The fourth-order valence-electron chi connectivity index (χ4n) is 2.88. The van der Waals surface area contributed by atoms with Crippen LogP contribution in [0.2, 0.25) is 0 Å². The average Bonchev–Trinajstić information content (AvgIpc) is 2.74. The first-order valence-electron chi connectivity index (χ1n) is 9.17. The van der Waals surface area contributed by atoms with Crippen LogP contribution in [-0.4, -0.2) is 56.8 Å². The van der Waals surface area contributed by atoms with Gasteiger partial charge in [-0.1, -0.05) is 12.1 Å². The van der Waals surface area contributed by atoms with E-state index in [1.165, 1.54) is 7.11 Å². The Morgan fingerprint density at radius 2 is 1.96 bits per heavy atom. The summed E-state index contributed by atoms with van der Waals surface area (Å²) in [5.74, 6) is 0.893. The minimum absolute atomic E-state index is 0.159. The van der Waals surface area contributed by atoms with E-state index in [2.05, 4.69) is 20.5 Å². The first-order valence-corrected chi connectivity index (χ1v) is 9.17. The van der Waals surface area contributed by atoms with Gasteiger partial charge in [-0.15, -0.1) is 0 Å². The van der Waals surface area contributed by atoms with Crippen LogP contribution in [-0.2, 0) is 9.53 Å². The summed E-state index contributed by atoms with van der Waals surface area (Å²) < 4.78 is 10.5. The smallest absolute Gasteiger partial charge is 0.255 e. The maximum atomic E-state index is 12.2. The predicted octanol–water partition coefficient (Wildman–Crippen LogP) is 1.69. The molecule has 2 amide bonds. The largest absolute Gasteiger partial charge is 0.496 e. The van der Waals surface area contributed by atoms with Crippen LogP contribution in [0.3, 0.4) is 0 Å². The second-order valence-electron chi connectivity index (χ2n) is 6.26. The number of hydrogen-bond acceptors (Lipinski definition) is 6. The molecule has 0 spiro atoms. The van der Waals surface area contributed by atoms with E-state index in [0.29, 0.717) is 30.2 Å². The molecule has 2 aromatic rings. The molecule has 1 aromatic carbocycles. The summed E-state index contributed by atoms with van der Waals surface area (Å²) in [5.41, 5.74) is 1.06. The highest BCUT2D eigenvalue weighted by Gasteiger charge is 2.13. The molecule has 8 nitrogen and oxygen atoms in total. The third kappa shape index (κ3) is 5.20. The zero-order valence-electron chi connectivity index (χ0n) is 15.8. The van der Waals surface area contributed by atoms with E-state index < -0.39 is 0 Å². The van der Waals surface area contributed by atoms with Gasteiger partial charge in [0, 0.05) is 26.1 Å². The van der Waals surface area contributed by atoms with Gasteiger partial charge in [-0.25, -0.2) is 4.98 Å². The quantitative estimate of drug-likeness (QED) is 0.755. The molecule has 1 fully saturated rings. The van der Waals surface area contributed by atoms with E-state index in [1.807, 2.05) is 12.1 Å². The number of rotatable bonds is 7. The minimum atomic E-state index is -0.276. The van der Waals surface area contributed by atoms with Gasteiger partial charge in [0.2, 0.25) is 5.91 Å².